The van der Waals surface area contributed by atoms with E-state index in [-0.39, 0.29) is 0 Å². The van der Waals surface area contributed by atoms with Gasteiger partial charge < -0.3 is 4.90 Å². The summed E-state index contributed by atoms with van der Waals surface area (Å²) >= 11 is 1.90. The summed E-state index contributed by atoms with van der Waals surface area (Å²) in [5.41, 5.74) is 4.62. The topological polar surface area (TPSA) is 3.24 Å². The van der Waals surface area contributed by atoms with Gasteiger partial charge in [-0.1, -0.05) is 57.2 Å². The lowest BCUT2D eigenvalue weighted by atomic mass is 10.0. The van der Waals surface area contributed by atoms with Gasteiger partial charge in [0.2, 0.25) is 0 Å². The van der Waals surface area contributed by atoms with Gasteiger partial charge in [0, 0.05) is 18.8 Å². The molecule has 2 aromatic rings. The molecular formula is C24H37NS. The van der Waals surface area contributed by atoms with Crippen LogP contribution >= 0.6 is 11.3 Å². The number of thiophene rings is 1. The zero-order chi connectivity index (χ0) is 18.5. The van der Waals surface area contributed by atoms with Gasteiger partial charge in [0.15, 0.2) is 0 Å². The molecule has 1 aromatic carbocycles. The Kier molecular flexibility index (Phi) is 10.5. The smallest absolute Gasteiger partial charge is 0.0366 e. The molecule has 0 unspecified atom stereocenters. The lowest BCUT2D eigenvalue weighted by Crippen LogP contribution is -2.23. The van der Waals surface area contributed by atoms with Crippen LogP contribution < -0.4 is 4.90 Å². The molecule has 144 valence electrons. The van der Waals surface area contributed by atoms with Crippen molar-refractivity contribution in [1.82, 2.24) is 0 Å². The maximum Gasteiger partial charge on any atom is 0.0366 e. The Morgan fingerprint density at radius 1 is 0.731 bits per heavy atom. The van der Waals surface area contributed by atoms with Crippen LogP contribution in [0.5, 0.6) is 0 Å². The number of nitrogens with zero attached hydrogens (tertiary/aromatic N) is 1. The average Bonchev–Trinajstić information content (AvgIpc) is 3.13. The molecule has 1 nitrogen and oxygen atoms in total. The predicted molar refractivity (Wildman–Crippen MR) is 119 cm³/mol. The van der Waals surface area contributed by atoms with E-state index in [1.807, 2.05) is 11.3 Å². The van der Waals surface area contributed by atoms with Crippen molar-refractivity contribution < 1.29 is 0 Å². The molecule has 0 spiro atoms. The van der Waals surface area contributed by atoms with Crippen LogP contribution in [0, 0.1) is 0 Å². The molecule has 0 aliphatic rings. The van der Waals surface area contributed by atoms with Crippen LogP contribution in [0.2, 0.25) is 0 Å². The maximum atomic E-state index is 2.49. The molecule has 0 aliphatic carbocycles. The standard InChI is InChI=1S/C24H37NS/c1-3-5-6-10-15-22-20-26-21-23(22)16-11-7-8-14-19-25(4-2)24-17-12-9-13-18-24/h9,12-13,17-18,20-21H,3-8,10-11,14-16,19H2,1-2H3. The number of hydrogen-bond acceptors (Lipinski definition) is 2. The van der Waals surface area contributed by atoms with Crippen LogP contribution in [0.4, 0.5) is 5.69 Å². The monoisotopic (exact) mass is 371 g/mol. The Morgan fingerprint density at radius 3 is 1.96 bits per heavy atom. The third kappa shape index (κ3) is 7.53. The highest BCUT2D eigenvalue weighted by Crippen LogP contribution is 2.21. The van der Waals surface area contributed by atoms with Crippen LogP contribution in [0.25, 0.3) is 0 Å². The zero-order valence-electron chi connectivity index (χ0n) is 16.9. The van der Waals surface area contributed by atoms with E-state index in [1.165, 1.54) is 76.4 Å². The Labute approximate surface area is 165 Å². The highest BCUT2D eigenvalue weighted by atomic mass is 32.1. The molecule has 0 fully saturated rings. The molecule has 0 saturated heterocycles. The van der Waals surface area contributed by atoms with Crippen LogP contribution in [-0.2, 0) is 12.8 Å². The van der Waals surface area contributed by atoms with Crippen molar-refractivity contribution in [2.45, 2.75) is 78.1 Å². The van der Waals surface area contributed by atoms with E-state index in [9.17, 15) is 0 Å². The Balaban J connectivity index is 1.60. The number of unbranched alkanes of at least 4 members (excludes halogenated alkanes) is 6. The van der Waals surface area contributed by atoms with Crippen molar-refractivity contribution in [3.8, 4) is 0 Å². The lowest BCUT2D eigenvalue weighted by Gasteiger charge is -2.23. The second-order valence-electron chi connectivity index (χ2n) is 7.31. The van der Waals surface area contributed by atoms with Gasteiger partial charge >= 0.3 is 0 Å². The minimum atomic E-state index is 1.10. The summed E-state index contributed by atoms with van der Waals surface area (Å²) in [4.78, 5) is 2.49. The minimum absolute atomic E-state index is 1.10. The maximum absolute atomic E-state index is 2.49. The average molecular weight is 372 g/mol. The molecule has 0 N–H and O–H groups in total. The van der Waals surface area contributed by atoms with Gasteiger partial charge in [-0.2, -0.15) is 11.3 Å². The fourth-order valence-corrected chi connectivity index (χ4v) is 4.55. The minimum Gasteiger partial charge on any atom is -0.372 e. The van der Waals surface area contributed by atoms with Gasteiger partial charge in [0.1, 0.15) is 0 Å². The molecule has 0 radical (unpaired) electrons. The molecule has 0 saturated carbocycles. The summed E-state index contributed by atoms with van der Waals surface area (Å²) in [6, 6.07) is 10.8. The second-order valence-corrected chi connectivity index (χ2v) is 8.06. The molecule has 1 heterocycles. The number of hydrogen-bond donors (Lipinski definition) is 0. The van der Waals surface area contributed by atoms with Gasteiger partial charge in [-0.3, -0.25) is 0 Å². The molecule has 0 bridgehead atoms. The first-order valence-electron chi connectivity index (χ1n) is 10.7. The van der Waals surface area contributed by atoms with Crippen molar-refractivity contribution in [2.75, 3.05) is 18.0 Å². The third-order valence-electron chi connectivity index (χ3n) is 5.26. The molecule has 0 atom stereocenters. The number of para-hydroxylation sites is 1. The van der Waals surface area contributed by atoms with Crippen LogP contribution in [0.15, 0.2) is 41.1 Å². The fraction of sp³-hybridized carbons (Fsp3) is 0.583. The van der Waals surface area contributed by atoms with Crippen molar-refractivity contribution in [1.29, 1.82) is 0 Å². The van der Waals surface area contributed by atoms with Crippen molar-refractivity contribution in [3.63, 3.8) is 0 Å². The number of rotatable bonds is 14. The van der Waals surface area contributed by atoms with Crippen LogP contribution in [0.3, 0.4) is 0 Å². The fourth-order valence-electron chi connectivity index (χ4n) is 3.61. The van der Waals surface area contributed by atoms with Gasteiger partial charge in [0.05, 0.1) is 0 Å². The van der Waals surface area contributed by atoms with E-state index in [1.54, 1.807) is 11.1 Å². The van der Waals surface area contributed by atoms with Crippen molar-refractivity contribution >= 4 is 17.0 Å². The summed E-state index contributed by atoms with van der Waals surface area (Å²) in [7, 11) is 0. The van der Waals surface area contributed by atoms with E-state index in [4.69, 9.17) is 0 Å². The third-order valence-corrected chi connectivity index (χ3v) is 6.10. The molecular weight excluding hydrogens is 334 g/mol. The van der Waals surface area contributed by atoms with Crippen molar-refractivity contribution in [2.24, 2.45) is 0 Å². The van der Waals surface area contributed by atoms with E-state index >= 15 is 0 Å². The lowest BCUT2D eigenvalue weighted by molar-refractivity contribution is 0.625. The summed E-state index contributed by atoms with van der Waals surface area (Å²) in [6.07, 6.45) is 13.4. The Hall–Kier alpha value is -1.28. The van der Waals surface area contributed by atoms with Crippen LogP contribution in [0.1, 0.15) is 76.3 Å². The number of benzene rings is 1. The highest BCUT2D eigenvalue weighted by Gasteiger charge is 2.05. The molecule has 26 heavy (non-hydrogen) atoms. The van der Waals surface area contributed by atoms with Gasteiger partial charge in [-0.15, -0.1) is 0 Å². The van der Waals surface area contributed by atoms with Gasteiger partial charge in [0.25, 0.3) is 0 Å². The molecule has 2 heteroatoms. The normalized spacial score (nSPS) is 11.0. The first-order chi connectivity index (χ1) is 12.8. The summed E-state index contributed by atoms with van der Waals surface area (Å²) in [6.45, 7) is 6.82. The highest BCUT2D eigenvalue weighted by molar-refractivity contribution is 7.08. The SMILES string of the molecule is CCCCCCc1cscc1CCCCCCN(CC)c1ccccc1. The number of anilines is 1. The first-order valence-corrected chi connectivity index (χ1v) is 11.6. The Bertz CT molecular complexity index is 575. The molecule has 1 aromatic heterocycles. The van der Waals surface area contributed by atoms with Gasteiger partial charge in [-0.05, 0) is 73.0 Å². The van der Waals surface area contributed by atoms with Crippen LogP contribution in [-0.4, -0.2) is 13.1 Å². The first kappa shape index (κ1) is 21.0. The second kappa shape index (κ2) is 13.0. The quantitative estimate of drug-likeness (QED) is 0.311. The van der Waals surface area contributed by atoms with E-state index < -0.39 is 0 Å². The Morgan fingerprint density at radius 2 is 1.35 bits per heavy atom. The predicted octanol–water partition coefficient (Wildman–Crippen LogP) is 7.50. The number of aryl methyl sites for hydroxylation is 2. The summed E-state index contributed by atoms with van der Waals surface area (Å²) in [5, 5.41) is 4.78. The molecule has 2 rings (SSSR count). The van der Waals surface area contributed by atoms with E-state index in [2.05, 4.69) is 59.8 Å². The largest absolute Gasteiger partial charge is 0.372 e. The summed E-state index contributed by atoms with van der Waals surface area (Å²) in [5.74, 6) is 0. The van der Waals surface area contributed by atoms with E-state index in [0.29, 0.717) is 0 Å². The van der Waals surface area contributed by atoms with Gasteiger partial charge in [-0.25, -0.2) is 0 Å². The van der Waals surface area contributed by atoms with E-state index in [0.717, 1.165) is 6.54 Å². The zero-order valence-corrected chi connectivity index (χ0v) is 17.7. The molecule has 0 amide bonds. The molecule has 0 aliphatic heterocycles. The summed E-state index contributed by atoms with van der Waals surface area (Å²) < 4.78 is 0. The van der Waals surface area contributed by atoms with Crippen molar-refractivity contribution in [3.05, 3.63) is 52.2 Å².